The first-order valence-corrected chi connectivity index (χ1v) is 8.82. The van der Waals surface area contributed by atoms with Crippen LogP contribution in [0.1, 0.15) is 40.5 Å². The first-order valence-electron chi connectivity index (χ1n) is 6.89. The van der Waals surface area contributed by atoms with E-state index in [4.69, 9.17) is 18.0 Å². The molecule has 7 nitrogen and oxygen atoms in total. The van der Waals surface area contributed by atoms with Gasteiger partial charge in [0.1, 0.15) is 0 Å². The van der Waals surface area contributed by atoms with Crippen LogP contribution in [-0.4, -0.2) is 39.9 Å². The average Bonchev–Trinajstić information content (AvgIpc) is 2.24. The summed E-state index contributed by atoms with van der Waals surface area (Å²) in [4.78, 5) is 33.9. The van der Waals surface area contributed by atoms with Crippen molar-refractivity contribution in [3.63, 3.8) is 0 Å². The Morgan fingerprint density at radius 1 is 1.00 bits per heavy atom. The van der Waals surface area contributed by atoms with E-state index in [1.165, 1.54) is 20.8 Å². The quantitative estimate of drug-likeness (QED) is 0.656. The van der Waals surface area contributed by atoms with Crippen molar-refractivity contribution in [2.75, 3.05) is 13.2 Å². The molecule has 1 fully saturated rings. The molecule has 21 heavy (non-hydrogen) atoms. The van der Waals surface area contributed by atoms with Crippen LogP contribution >= 0.6 is 0 Å². The summed E-state index contributed by atoms with van der Waals surface area (Å²) in [5, 5.41) is 0. The minimum Gasteiger partial charge on any atom is -0.455 e. The largest absolute Gasteiger partial charge is 0.705 e. The van der Waals surface area contributed by atoms with Crippen molar-refractivity contribution >= 4 is 26.7 Å². The number of rotatable bonds is 7. The van der Waals surface area contributed by atoms with Gasteiger partial charge in [0, 0.05) is 26.2 Å². The van der Waals surface area contributed by atoms with Crippen LogP contribution in [0.25, 0.3) is 0 Å². The molecule has 0 aromatic carbocycles. The summed E-state index contributed by atoms with van der Waals surface area (Å²) in [5.74, 6) is -1.92. The van der Waals surface area contributed by atoms with E-state index in [1.54, 1.807) is 0 Å². The third-order valence-corrected chi connectivity index (χ3v) is 6.08. The van der Waals surface area contributed by atoms with Crippen LogP contribution in [0.4, 0.5) is 0 Å². The van der Waals surface area contributed by atoms with Gasteiger partial charge in [-0.3, -0.25) is 14.4 Å². The topological polar surface area (TPSA) is 88.1 Å². The third kappa shape index (κ3) is 5.13. The Morgan fingerprint density at radius 2 is 1.43 bits per heavy atom. The molecule has 8 heteroatoms. The van der Waals surface area contributed by atoms with Crippen molar-refractivity contribution in [1.29, 1.82) is 0 Å². The molecule has 0 N–H and O–H groups in total. The zero-order chi connectivity index (χ0) is 16.1. The maximum absolute atomic E-state index is 11.3. The van der Waals surface area contributed by atoms with Crippen molar-refractivity contribution in [3.05, 3.63) is 0 Å². The van der Waals surface area contributed by atoms with Gasteiger partial charge in [-0.15, -0.1) is 0 Å². The van der Waals surface area contributed by atoms with E-state index in [2.05, 4.69) is 0 Å². The minimum absolute atomic E-state index is 0.0291. The SMILES string of the molecule is CCC1(CC[Si](OC(C)=O)(OC(C)=O)OC(C)=O)COC1. The van der Waals surface area contributed by atoms with Gasteiger partial charge in [-0.1, -0.05) is 6.92 Å². The fourth-order valence-electron chi connectivity index (χ4n) is 2.21. The first-order chi connectivity index (χ1) is 9.72. The van der Waals surface area contributed by atoms with Crippen LogP contribution < -0.4 is 0 Å². The van der Waals surface area contributed by atoms with Crippen LogP contribution in [0.15, 0.2) is 0 Å². The van der Waals surface area contributed by atoms with E-state index >= 15 is 0 Å². The van der Waals surface area contributed by atoms with Gasteiger partial charge in [-0.05, 0) is 12.8 Å². The highest BCUT2D eigenvalue weighted by Gasteiger charge is 2.53. The monoisotopic (exact) mass is 318 g/mol. The van der Waals surface area contributed by atoms with Gasteiger partial charge >= 0.3 is 8.80 Å². The Bertz CT molecular complexity index is 370. The molecule has 1 heterocycles. The summed E-state index contributed by atoms with van der Waals surface area (Å²) in [5.41, 5.74) is -0.0291. The molecule has 1 aliphatic heterocycles. The molecule has 0 atom stereocenters. The van der Waals surface area contributed by atoms with E-state index in [9.17, 15) is 14.4 Å². The molecule has 0 amide bonds. The highest BCUT2D eigenvalue weighted by atomic mass is 28.4. The maximum atomic E-state index is 11.3. The zero-order valence-corrected chi connectivity index (χ0v) is 13.9. The van der Waals surface area contributed by atoms with Crippen LogP contribution in [-0.2, 0) is 32.4 Å². The predicted octanol–water partition coefficient (Wildman–Crippen LogP) is 1.43. The van der Waals surface area contributed by atoms with Crippen LogP contribution in [0.2, 0.25) is 6.04 Å². The Kier molecular flexibility index (Phi) is 5.91. The number of ether oxygens (including phenoxy) is 1. The number of carbonyl (C=O) groups is 3. The molecule has 0 aromatic heterocycles. The maximum Gasteiger partial charge on any atom is 0.705 e. The van der Waals surface area contributed by atoms with Crippen LogP contribution in [0, 0.1) is 5.41 Å². The van der Waals surface area contributed by atoms with Gasteiger partial charge < -0.3 is 18.0 Å². The molecule has 1 aliphatic rings. The summed E-state index contributed by atoms with van der Waals surface area (Å²) in [6, 6.07) is 0.211. The molecule has 1 saturated heterocycles. The Hall–Kier alpha value is -1.41. The second kappa shape index (κ2) is 7.03. The normalized spacial score (nSPS) is 16.6. The van der Waals surface area contributed by atoms with E-state index in [0.717, 1.165) is 6.42 Å². The van der Waals surface area contributed by atoms with Gasteiger partial charge in [0.15, 0.2) is 0 Å². The molecule has 120 valence electrons. The van der Waals surface area contributed by atoms with Gasteiger partial charge in [-0.25, -0.2) is 0 Å². The minimum atomic E-state index is -3.70. The molecule has 0 spiro atoms. The smallest absolute Gasteiger partial charge is 0.455 e. The van der Waals surface area contributed by atoms with Crippen molar-refractivity contribution in [1.82, 2.24) is 0 Å². The van der Waals surface area contributed by atoms with E-state index in [0.29, 0.717) is 19.6 Å². The lowest BCUT2D eigenvalue weighted by Crippen LogP contribution is -2.52. The lowest BCUT2D eigenvalue weighted by molar-refractivity contribution is -0.148. The molecule has 0 saturated carbocycles. The Balaban J connectivity index is 2.87. The van der Waals surface area contributed by atoms with Crippen molar-refractivity contribution < 1.29 is 32.4 Å². The van der Waals surface area contributed by atoms with Gasteiger partial charge in [0.05, 0.1) is 19.3 Å². The predicted molar refractivity (Wildman–Crippen MR) is 74.0 cm³/mol. The zero-order valence-electron chi connectivity index (χ0n) is 12.9. The van der Waals surface area contributed by atoms with E-state index in [-0.39, 0.29) is 11.5 Å². The summed E-state index contributed by atoms with van der Waals surface area (Å²) in [6.07, 6.45) is 1.49. The van der Waals surface area contributed by atoms with Crippen molar-refractivity contribution in [2.45, 2.75) is 46.6 Å². The van der Waals surface area contributed by atoms with Crippen LogP contribution in [0.3, 0.4) is 0 Å². The van der Waals surface area contributed by atoms with Gasteiger partial charge in [0.25, 0.3) is 17.9 Å². The highest BCUT2D eigenvalue weighted by Crippen LogP contribution is 2.38. The van der Waals surface area contributed by atoms with E-state index in [1.807, 2.05) is 6.92 Å². The molecular weight excluding hydrogens is 296 g/mol. The lowest BCUT2D eigenvalue weighted by Gasteiger charge is -2.41. The van der Waals surface area contributed by atoms with Gasteiger partial charge in [0.2, 0.25) is 0 Å². The number of carbonyl (C=O) groups excluding carboxylic acids is 3. The molecule has 0 unspecified atom stereocenters. The molecule has 0 radical (unpaired) electrons. The first kappa shape index (κ1) is 17.6. The van der Waals surface area contributed by atoms with E-state index < -0.39 is 26.7 Å². The molecular formula is C13H22O7Si. The second-order valence-corrected chi connectivity index (χ2v) is 7.79. The summed E-state index contributed by atoms with van der Waals surface area (Å²) in [7, 11) is -3.70. The summed E-state index contributed by atoms with van der Waals surface area (Å²) < 4.78 is 20.7. The second-order valence-electron chi connectivity index (χ2n) is 5.31. The van der Waals surface area contributed by atoms with Gasteiger partial charge in [-0.2, -0.15) is 0 Å². The fourth-order valence-corrected chi connectivity index (χ4v) is 4.79. The summed E-state index contributed by atoms with van der Waals surface area (Å²) >= 11 is 0. The van der Waals surface area contributed by atoms with Crippen molar-refractivity contribution in [3.8, 4) is 0 Å². The third-order valence-electron chi connectivity index (χ3n) is 3.43. The average molecular weight is 318 g/mol. The molecule has 0 aromatic rings. The van der Waals surface area contributed by atoms with Crippen LogP contribution in [0.5, 0.6) is 0 Å². The molecule has 1 rings (SSSR count). The fraction of sp³-hybridized carbons (Fsp3) is 0.769. The Morgan fingerprint density at radius 3 is 1.67 bits per heavy atom. The number of hydrogen-bond donors (Lipinski definition) is 0. The summed E-state index contributed by atoms with van der Waals surface area (Å²) in [6.45, 7) is 6.82. The lowest BCUT2D eigenvalue weighted by atomic mass is 9.81. The standard InChI is InChI=1S/C13H22O7Si/c1-5-13(8-17-9-13)6-7-21(18-10(2)14,19-11(3)15)20-12(4)16/h5-9H2,1-4H3. The number of hydrogen-bond acceptors (Lipinski definition) is 7. The highest BCUT2D eigenvalue weighted by molar-refractivity contribution is 6.65. The Labute approximate surface area is 125 Å². The molecule has 0 bridgehead atoms. The molecule has 0 aliphatic carbocycles. The van der Waals surface area contributed by atoms with Crippen molar-refractivity contribution in [2.24, 2.45) is 5.41 Å².